The number of nitrogens with zero attached hydrogens (tertiary/aromatic N) is 1. The molecule has 5 nitrogen and oxygen atoms in total. The molecule has 2 aliphatic heterocycles. The minimum absolute atomic E-state index is 0.0105. The second-order valence-corrected chi connectivity index (χ2v) is 10.3. The van der Waals surface area contributed by atoms with Crippen LogP contribution in [0.25, 0.3) is 6.08 Å². The molecule has 2 saturated heterocycles. The number of amides is 1. The summed E-state index contributed by atoms with van der Waals surface area (Å²) in [6.07, 6.45) is 4.24. The number of benzene rings is 1. The van der Waals surface area contributed by atoms with Crippen LogP contribution in [0.4, 0.5) is 0 Å². The number of carbonyl (C=O) groups is 1. The van der Waals surface area contributed by atoms with Gasteiger partial charge in [0.2, 0.25) is 0 Å². The Balaban J connectivity index is 1.80. The molecule has 0 N–H and O–H groups in total. The molecule has 8 heteroatoms. The van der Waals surface area contributed by atoms with Gasteiger partial charge in [-0.25, -0.2) is 8.42 Å². The van der Waals surface area contributed by atoms with E-state index in [0.717, 1.165) is 24.2 Å². The Labute approximate surface area is 163 Å². The van der Waals surface area contributed by atoms with Gasteiger partial charge in [-0.15, -0.1) is 0 Å². The lowest BCUT2D eigenvalue weighted by Crippen LogP contribution is -2.39. The average Bonchev–Trinajstić information content (AvgIpc) is 3.08. The quantitative estimate of drug-likeness (QED) is 0.407. The van der Waals surface area contributed by atoms with Crippen LogP contribution in [-0.2, 0) is 14.6 Å². The number of ether oxygens (including phenoxy) is 1. The van der Waals surface area contributed by atoms with Crippen molar-refractivity contribution in [2.24, 2.45) is 0 Å². The Kier molecular flexibility index (Phi) is 6.04. The third-order valence-electron chi connectivity index (χ3n) is 4.36. The molecular weight excluding hydrogens is 390 g/mol. The number of rotatable bonds is 6. The van der Waals surface area contributed by atoms with Crippen molar-refractivity contribution in [3.63, 3.8) is 0 Å². The van der Waals surface area contributed by atoms with Gasteiger partial charge < -0.3 is 4.74 Å². The number of thioether (sulfide) groups is 1. The molecule has 0 radical (unpaired) electrons. The molecule has 1 aromatic rings. The van der Waals surface area contributed by atoms with Crippen LogP contribution in [0, 0.1) is 0 Å². The first-order chi connectivity index (χ1) is 12.4. The molecule has 0 spiro atoms. The normalized spacial score (nSPS) is 23.8. The van der Waals surface area contributed by atoms with Gasteiger partial charge in [-0.2, -0.15) is 0 Å². The lowest BCUT2D eigenvalue weighted by atomic mass is 10.1. The fourth-order valence-electron chi connectivity index (χ4n) is 2.97. The van der Waals surface area contributed by atoms with Gasteiger partial charge >= 0.3 is 0 Å². The molecule has 1 amide bonds. The zero-order chi connectivity index (χ0) is 18.7. The predicted molar refractivity (Wildman–Crippen MR) is 109 cm³/mol. The summed E-state index contributed by atoms with van der Waals surface area (Å²) in [7, 11) is -3.08. The van der Waals surface area contributed by atoms with E-state index in [9.17, 15) is 13.2 Å². The Hall–Kier alpha value is -1.38. The van der Waals surface area contributed by atoms with Crippen molar-refractivity contribution in [1.82, 2.24) is 4.90 Å². The molecule has 1 aromatic carbocycles. The van der Waals surface area contributed by atoms with Gasteiger partial charge in [-0.3, -0.25) is 9.69 Å². The van der Waals surface area contributed by atoms with E-state index >= 15 is 0 Å². The van der Waals surface area contributed by atoms with Gasteiger partial charge in [0.05, 0.1) is 29.1 Å². The fraction of sp³-hybridized carbons (Fsp3) is 0.444. The molecule has 2 fully saturated rings. The van der Waals surface area contributed by atoms with Crippen LogP contribution in [0.15, 0.2) is 29.2 Å². The number of carbonyl (C=O) groups excluding carboxylic acids is 1. The van der Waals surface area contributed by atoms with Crippen molar-refractivity contribution in [3.05, 3.63) is 34.7 Å². The highest BCUT2D eigenvalue weighted by Gasteiger charge is 2.42. The molecule has 2 heterocycles. The van der Waals surface area contributed by atoms with E-state index in [1.165, 1.54) is 16.7 Å². The van der Waals surface area contributed by atoms with E-state index in [1.807, 2.05) is 24.3 Å². The molecule has 0 saturated carbocycles. The van der Waals surface area contributed by atoms with Crippen LogP contribution in [0.1, 0.15) is 31.7 Å². The lowest BCUT2D eigenvalue weighted by molar-refractivity contribution is -0.123. The van der Waals surface area contributed by atoms with E-state index in [-0.39, 0.29) is 23.5 Å². The molecule has 26 heavy (non-hydrogen) atoms. The molecule has 2 aliphatic rings. The van der Waals surface area contributed by atoms with Gasteiger partial charge in [0, 0.05) is 5.56 Å². The fourth-order valence-corrected chi connectivity index (χ4v) is 6.06. The topological polar surface area (TPSA) is 63.7 Å². The van der Waals surface area contributed by atoms with Crippen molar-refractivity contribution in [2.75, 3.05) is 18.1 Å². The zero-order valence-electron chi connectivity index (χ0n) is 14.5. The maximum absolute atomic E-state index is 12.8. The highest BCUT2D eigenvalue weighted by atomic mass is 32.2. The summed E-state index contributed by atoms with van der Waals surface area (Å²) in [6.45, 7) is 2.73. The first-order valence-corrected chi connectivity index (χ1v) is 11.6. The molecule has 1 atom stereocenters. The minimum Gasteiger partial charge on any atom is -0.493 e. The van der Waals surface area contributed by atoms with E-state index in [2.05, 4.69) is 6.92 Å². The Morgan fingerprint density at radius 3 is 2.85 bits per heavy atom. The summed E-state index contributed by atoms with van der Waals surface area (Å²) >= 11 is 6.56. The highest BCUT2D eigenvalue weighted by molar-refractivity contribution is 8.26. The van der Waals surface area contributed by atoms with Crippen LogP contribution in [0.5, 0.6) is 5.75 Å². The summed E-state index contributed by atoms with van der Waals surface area (Å²) in [6, 6.07) is 7.21. The smallest absolute Gasteiger partial charge is 0.266 e. The van der Waals surface area contributed by atoms with Crippen molar-refractivity contribution in [1.29, 1.82) is 0 Å². The second-order valence-electron chi connectivity index (χ2n) is 6.35. The number of thiocarbonyl (C=S) groups is 1. The average molecular weight is 412 g/mol. The summed E-state index contributed by atoms with van der Waals surface area (Å²) in [5.41, 5.74) is 0.822. The van der Waals surface area contributed by atoms with E-state index in [0.29, 0.717) is 22.3 Å². The largest absolute Gasteiger partial charge is 0.493 e. The van der Waals surface area contributed by atoms with E-state index in [1.54, 1.807) is 6.08 Å². The second kappa shape index (κ2) is 8.10. The van der Waals surface area contributed by atoms with Gasteiger partial charge in [-0.1, -0.05) is 55.5 Å². The zero-order valence-corrected chi connectivity index (χ0v) is 17.0. The van der Waals surface area contributed by atoms with Gasteiger partial charge in [0.25, 0.3) is 5.91 Å². The Morgan fingerprint density at radius 1 is 1.38 bits per heavy atom. The van der Waals surface area contributed by atoms with Crippen molar-refractivity contribution in [3.8, 4) is 5.75 Å². The number of para-hydroxylation sites is 1. The van der Waals surface area contributed by atoms with Crippen LogP contribution in [0.3, 0.4) is 0 Å². The molecule has 0 unspecified atom stereocenters. The van der Waals surface area contributed by atoms with Gasteiger partial charge in [-0.05, 0) is 25.0 Å². The van der Waals surface area contributed by atoms with Crippen molar-refractivity contribution < 1.29 is 17.9 Å². The van der Waals surface area contributed by atoms with Crippen molar-refractivity contribution >= 4 is 50.1 Å². The van der Waals surface area contributed by atoms with Gasteiger partial charge in [0.1, 0.15) is 10.1 Å². The minimum atomic E-state index is -3.08. The van der Waals surface area contributed by atoms with Crippen molar-refractivity contribution in [2.45, 2.75) is 32.2 Å². The number of sulfone groups is 1. The maximum atomic E-state index is 12.8. The van der Waals surface area contributed by atoms with E-state index < -0.39 is 9.84 Å². The number of hydrogen-bond acceptors (Lipinski definition) is 6. The third kappa shape index (κ3) is 4.29. The molecule has 140 valence electrons. The summed E-state index contributed by atoms with van der Waals surface area (Å²) in [4.78, 5) is 14.8. The predicted octanol–water partition coefficient (Wildman–Crippen LogP) is 3.25. The summed E-state index contributed by atoms with van der Waals surface area (Å²) in [5.74, 6) is 0.616. The van der Waals surface area contributed by atoms with Crippen LogP contribution in [0.2, 0.25) is 0 Å². The highest BCUT2D eigenvalue weighted by Crippen LogP contribution is 2.37. The SMILES string of the molecule is CCCCOc1ccccc1/C=C1\SC(=S)N([C@H]2CCS(=O)(=O)C2)C1=O. The number of unbranched alkanes of at least 4 members (excludes halogenated alkanes) is 1. The molecule has 0 bridgehead atoms. The first kappa shape index (κ1) is 19.4. The first-order valence-electron chi connectivity index (χ1n) is 8.60. The Bertz CT molecular complexity index is 848. The van der Waals surface area contributed by atoms with Crippen LogP contribution in [-0.4, -0.2) is 47.7 Å². The third-order valence-corrected chi connectivity index (χ3v) is 7.44. The number of hydrogen-bond donors (Lipinski definition) is 0. The molecular formula is C18H21NO4S3. The molecule has 0 aliphatic carbocycles. The monoisotopic (exact) mass is 411 g/mol. The van der Waals surface area contributed by atoms with Gasteiger partial charge in [0.15, 0.2) is 9.84 Å². The summed E-state index contributed by atoms with van der Waals surface area (Å²) < 4.78 is 29.7. The lowest BCUT2D eigenvalue weighted by Gasteiger charge is -2.20. The van der Waals surface area contributed by atoms with Crippen LogP contribution < -0.4 is 4.74 Å². The standard InChI is InChI=1S/C18H21NO4S3/c1-2-3-9-23-15-7-5-4-6-13(15)11-16-17(20)19(18(24)25-16)14-8-10-26(21,22)12-14/h4-7,11,14H,2-3,8-10,12H2,1H3/b16-11-/t14-/m0/s1. The summed E-state index contributed by atoms with van der Waals surface area (Å²) in [5, 5.41) is 0. The van der Waals surface area contributed by atoms with E-state index in [4.69, 9.17) is 17.0 Å². The maximum Gasteiger partial charge on any atom is 0.266 e. The van der Waals surface area contributed by atoms with Crippen LogP contribution >= 0.6 is 24.0 Å². The molecule has 3 rings (SSSR count). The Morgan fingerprint density at radius 2 is 2.15 bits per heavy atom. The molecule has 0 aromatic heterocycles.